The Morgan fingerprint density at radius 2 is 1.78 bits per heavy atom. The third-order valence-corrected chi connectivity index (χ3v) is 4.16. The van der Waals surface area contributed by atoms with Crippen LogP contribution in [0.1, 0.15) is 46.0 Å². The van der Waals surface area contributed by atoms with Crippen LogP contribution in [0.4, 0.5) is 4.39 Å². The molecule has 1 atom stereocenters. The van der Waals surface area contributed by atoms with Gasteiger partial charge in [-0.1, -0.05) is 0 Å². The van der Waals surface area contributed by atoms with Crippen LogP contribution in [0, 0.1) is 19.7 Å². The van der Waals surface area contributed by atoms with E-state index in [1.54, 1.807) is 31.4 Å². The van der Waals surface area contributed by atoms with E-state index in [0.29, 0.717) is 17.0 Å². The van der Waals surface area contributed by atoms with Crippen molar-refractivity contribution >= 4 is 17.7 Å². The molecule has 7 heteroatoms. The highest BCUT2D eigenvalue weighted by Gasteiger charge is 2.22. The van der Waals surface area contributed by atoms with E-state index in [1.807, 2.05) is 0 Å². The summed E-state index contributed by atoms with van der Waals surface area (Å²) in [6, 6.07) is 6.67. The van der Waals surface area contributed by atoms with Crippen LogP contribution in [0.3, 0.4) is 0 Å². The number of nitrogens with zero attached hydrogens (tertiary/aromatic N) is 1. The molecule has 6 nitrogen and oxygen atoms in total. The molecule has 0 bridgehead atoms. The van der Waals surface area contributed by atoms with E-state index in [1.165, 1.54) is 31.2 Å². The lowest BCUT2D eigenvalue weighted by Crippen LogP contribution is -2.27. The van der Waals surface area contributed by atoms with E-state index in [2.05, 4.69) is 0 Å². The van der Waals surface area contributed by atoms with Crippen molar-refractivity contribution in [2.24, 2.45) is 0 Å². The quantitative estimate of drug-likeness (QED) is 0.549. The van der Waals surface area contributed by atoms with Gasteiger partial charge in [0.15, 0.2) is 6.10 Å². The predicted octanol–water partition coefficient (Wildman–Crippen LogP) is 3.24. The summed E-state index contributed by atoms with van der Waals surface area (Å²) >= 11 is 0. The van der Waals surface area contributed by atoms with Crippen LogP contribution in [0.15, 0.2) is 30.3 Å². The minimum atomic E-state index is -1.01. The third kappa shape index (κ3) is 4.81. The molecule has 0 amide bonds. The summed E-state index contributed by atoms with van der Waals surface area (Å²) in [5.41, 5.74) is 1.93. The molecule has 27 heavy (non-hydrogen) atoms. The van der Waals surface area contributed by atoms with Crippen molar-refractivity contribution in [2.45, 2.75) is 40.3 Å². The summed E-state index contributed by atoms with van der Waals surface area (Å²) in [6.07, 6.45) is -1.01. The van der Waals surface area contributed by atoms with Gasteiger partial charge in [0.25, 0.3) is 0 Å². The predicted molar refractivity (Wildman–Crippen MR) is 96.1 cm³/mol. The van der Waals surface area contributed by atoms with Crippen molar-refractivity contribution in [1.82, 2.24) is 4.57 Å². The first-order valence-corrected chi connectivity index (χ1v) is 8.57. The van der Waals surface area contributed by atoms with Crippen molar-refractivity contribution in [2.75, 3.05) is 6.61 Å². The van der Waals surface area contributed by atoms with Crippen molar-refractivity contribution < 1.29 is 28.2 Å². The molecule has 1 heterocycles. The maximum Gasteiger partial charge on any atom is 0.339 e. The molecule has 0 fully saturated rings. The van der Waals surface area contributed by atoms with Gasteiger partial charge in [0, 0.05) is 17.0 Å². The van der Waals surface area contributed by atoms with Crippen LogP contribution >= 0.6 is 0 Å². The van der Waals surface area contributed by atoms with E-state index in [0.717, 1.165) is 0 Å². The van der Waals surface area contributed by atoms with Crippen LogP contribution < -0.4 is 0 Å². The van der Waals surface area contributed by atoms with Crippen molar-refractivity contribution in [1.29, 1.82) is 0 Å². The summed E-state index contributed by atoms with van der Waals surface area (Å²) in [6.45, 7) is 6.76. The number of hydrogen-bond donors (Lipinski definition) is 0. The monoisotopic (exact) mass is 375 g/mol. The fourth-order valence-corrected chi connectivity index (χ4v) is 2.73. The highest BCUT2D eigenvalue weighted by molar-refractivity contribution is 6.00. The molecule has 0 spiro atoms. The highest BCUT2D eigenvalue weighted by atomic mass is 19.1. The first-order chi connectivity index (χ1) is 12.7. The Kier molecular flexibility index (Phi) is 6.50. The van der Waals surface area contributed by atoms with Gasteiger partial charge in [-0.15, -0.1) is 0 Å². The van der Waals surface area contributed by atoms with Gasteiger partial charge in [0.2, 0.25) is 5.78 Å². The average molecular weight is 375 g/mol. The highest BCUT2D eigenvalue weighted by Crippen LogP contribution is 2.17. The second-order valence-electron chi connectivity index (χ2n) is 6.09. The summed E-state index contributed by atoms with van der Waals surface area (Å²) in [5, 5.41) is 0. The van der Waals surface area contributed by atoms with E-state index in [4.69, 9.17) is 9.47 Å². The van der Waals surface area contributed by atoms with Crippen LogP contribution in [0.5, 0.6) is 0 Å². The van der Waals surface area contributed by atoms with Gasteiger partial charge in [-0.2, -0.15) is 0 Å². The standard InChI is InChI=1S/C20H22FNO5/c1-5-26-20(25)17-10-12(2)22(13(17)3)11-18(23)27-14(4)19(24)15-6-8-16(21)9-7-15/h6-10,14H,5,11H2,1-4H3/t14-/m0/s1. The number of hydrogen-bond acceptors (Lipinski definition) is 5. The van der Waals surface area contributed by atoms with Crippen LogP contribution in [-0.4, -0.2) is 35.0 Å². The Morgan fingerprint density at radius 1 is 1.15 bits per heavy atom. The van der Waals surface area contributed by atoms with E-state index < -0.39 is 29.6 Å². The molecule has 0 aliphatic carbocycles. The molecule has 2 rings (SSSR count). The zero-order valence-corrected chi connectivity index (χ0v) is 15.7. The number of aryl methyl sites for hydroxylation is 1. The molecule has 0 saturated heterocycles. The minimum absolute atomic E-state index is 0.141. The van der Waals surface area contributed by atoms with Crippen LogP contribution in [-0.2, 0) is 20.8 Å². The van der Waals surface area contributed by atoms with Crippen molar-refractivity contribution in [3.8, 4) is 0 Å². The molecule has 0 unspecified atom stereocenters. The third-order valence-electron chi connectivity index (χ3n) is 4.16. The zero-order chi connectivity index (χ0) is 20.1. The summed E-state index contributed by atoms with van der Waals surface area (Å²) in [5.74, 6) is -1.94. The lowest BCUT2D eigenvalue weighted by atomic mass is 10.1. The molecule has 0 radical (unpaired) electrons. The topological polar surface area (TPSA) is 74.6 Å². The first kappa shape index (κ1) is 20.4. The fraction of sp³-hybridized carbons (Fsp3) is 0.350. The number of rotatable bonds is 7. The second kappa shape index (κ2) is 8.62. The Morgan fingerprint density at radius 3 is 2.37 bits per heavy atom. The molecular formula is C20H22FNO5. The van der Waals surface area contributed by atoms with Gasteiger partial charge in [0.05, 0.1) is 12.2 Å². The molecular weight excluding hydrogens is 353 g/mol. The smallest absolute Gasteiger partial charge is 0.339 e. The van der Waals surface area contributed by atoms with Gasteiger partial charge < -0.3 is 14.0 Å². The number of esters is 2. The Balaban J connectivity index is 2.06. The normalized spacial score (nSPS) is 11.7. The summed E-state index contributed by atoms with van der Waals surface area (Å²) < 4.78 is 24.8. The van der Waals surface area contributed by atoms with E-state index in [9.17, 15) is 18.8 Å². The van der Waals surface area contributed by atoms with Gasteiger partial charge in [-0.25, -0.2) is 9.18 Å². The number of ether oxygens (including phenoxy) is 2. The van der Waals surface area contributed by atoms with E-state index in [-0.39, 0.29) is 18.7 Å². The number of Topliss-reactive ketones (excluding diaryl/α,β-unsaturated/α-hetero) is 1. The number of carbonyl (C=O) groups excluding carboxylic acids is 3. The summed E-state index contributed by atoms with van der Waals surface area (Å²) in [4.78, 5) is 36.5. The van der Waals surface area contributed by atoms with Gasteiger partial charge >= 0.3 is 11.9 Å². The van der Waals surface area contributed by atoms with Crippen molar-refractivity contribution in [3.63, 3.8) is 0 Å². The lowest BCUT2D eigenvalue weighted by molar-refractivity contribution is -0.147. The fourth-order valence-electron chi connectivity index (χ4n) is 2.73. The lowest BCUT2D eigenvalue weighted by Gasteiger charge is -2.14. The summed E-state index contributed by atoms with van der Waals surface area (Å²) in [7, 11) is 0. The Labute approximate surface area is 156 Å². The van der Waals surface area contributed by atoms with Crippen molar-refractivity contribution in [3.05, 3.63) is 58.7 Å². The molecule has 144 valence electrons. The molecule has 0 aliphatic rings. The molecule has 1 aromatic carbocycles. The molecule has 0 saturated carbocycles. The van der Waals surface area contributed by atoms with Gasteiger partial charge in [0.1, 0.15) is 12.4 Å². The van der Waals surface area contributed by atoms with E-state index >= 15 is 0 Å². The molecule has 0 N–H and O–H groups in total. The van der Waals surface area contributed by atoms with Crippen LogP contribution in [0.2, 0.25) is 0 Å². The van der Waals surface area contributed by atoms with Gasteiger partial charge in [-0.3, -0.25) is 9.59 Å². The maximum atomic E-state index is 13.0. The second-order valence-corrected chi connectivity index (χ2v) is 6.09. The molecule has 1 aromatic heterocycles. The maximum absolute atomic E-state index is 13.0. The Hall–Kier alpha value is -2.96. The van der Waals surface area contributed by atoms with Crippen LogP contribution in [0.25, 0.3) is 0 Å². The average Bonchev–Trinajstić information content (AvgIpc) is 2.90. The molecule has 0 aliphatic heterocycles. The number of aromatic nitrogens is 1. The zero-order valence-electron chi connectivity index (χ0n) is 15.7. The largest absolute Gasteiger partial charge is 0.462 e. The van der Waals surface area contributed by atoms with Gasteiger partial charge in [-0.05, 0) is 58.0 Å². The SMILES string of the molecule is CCOC(=O)c1cc(C)n(CC(=O)O[C@@H](C)C(=O)c2ccc(F)cc2)c1C. The number of ketones is 1. The Bertz CT molecular complexity index is 854. The first-order valence-electron chi connectivity index (χ1n) is 8.57. The molecule has 2 aromatic rings. The minimum Gasteiger partial charge on any atom is -0.462 e. The number of halogens is 1. The number of carbonyl (C=O) groups is 3. The number of benzene rings is 1.